The van der Waals surface area contributed by atoms with Gasteiger partial charge in [0.05, 0.1) is 34.7 Å². The molecular formula is C24H18ClN7O2. The van der Waals surface area contributed by atoms with Crippen molar-refractivity contribution in [2.24, 2.45) is 0 Å². The van der Waals surface area contributed by atoms with Crippen LogP contribution in [-0.2, 0) is 0 Å². The molecule has 0 bridgehead atoms. The number of fused-ring (bicyclic) bond motifs is 2. The van der Waals surface area contributed by atoms with Crippen LogP contribution in [0.2, 0.25) is 5.02 Å². The molecule has 5 heterocycles. The molecule has 0 aliphatic carbocycles. The molecule has 1 aromatic carbocycles. The molecule has 34 heavy (non-hydrogen) atoms. The molecule has 1 saturated heterocycles. The summed E-state index contributed by atoms with van der Waals surface area (Å²) in [6.45, 7) is 0.667. The van der Waals surface area contributed by atoms with Crippen molar-refractivity contribution < 1.29 is 0 Å². The number of anilines is 1. The van der Waals surface area contributed by atoms with Crippen molar-refractivity contribution in [1.29, 1.82) is 0 Å². The van der Waals surface area contributed by atoms with Crippen molar-refractivity contribution in [1.82, 2.24) is 29.5 Å². The second-order valence-electron chi connectivity index (χ2n) is 8.10. The van der Waals surface area contributed by atoms with Crippen molar-refractivity contribution in [3.8, 4) is 5.69 Å². The third kappa shape index (κ3) is 3.16. The van der Waals surface area contributed by atoms with Gasteiger partial charge in [0.25, 0.3) is 11.1 Å². The molecule has 0 spiro atoms. The Hall–Kier alpha value is -4.11. The van der Waals surface area contributed by atoms with Crippen LogP contribution in [0, 0.1) is 0 Å². The molecule has 4 aromatic heterocycles. The Morgan fingerprint density at radius 1 is 1.06 bits per heavy atom. The van der Waals surface area contributed by atoms with E-state index >= 15 is 0 Å². The highest BCUT2D eigenvalue weighted by Gasteiger charge is 2.32. The van der Waals surface area contributed by atoms with E-state index in [0.29, 0.717) is 39.5 Å². The summed E-state index contributed by atoms with van der Waals surface area (Å²) in [4.78, 5) is 48.2. The van der Waals surface area contributed by atoms with Gasteiger partial charge >= 0.3 is 0 Å². The number of H-pyrrole nitrogens is 1. The molecular weight excluding hydrogens is 454 g/mol. The predicted molar refractivity (Wildman–Crippen MR) is 130 cm³/mol. The first-order valence-corrected chi connectivity index (χ1v) is 11.2. The number of hydrogen-bond donors (Lipinski definition) is 1. The maximum Gasteiger partial charge on any atom is 0.264 e. The molecule has 1 aliphatic rings. The lowest BCUT2D eigenvalue weighted by Crippen LogP contribution is -2.31. The van der Waals surface area contributed by atoms with Gasteiger partial charge in [-0.3, -0.25) is 19.1 Å². The van der Waals surface area contributed by atoms with Crippen LogP contribution < -0.4 is 16.0 Å². The first-order valence-electron chi connectivity index (χ1n) is 10.8. The zero-order valence-corrected chi connectivity index (χ0v) is 18.6. The topological polar surface area (TPSA) is 110 Å². The summed E-state index contributed by atoms with van der Waals surface area (Å²) in [5, 5.41) is 1.94. The Kier molecular flexibility index (Phi) is 4.84. The van der Waals surface area contributed by atoms with Crippen molar-refractivity contribution in [2.45, 2.75) is 18.9 Å². The molecule has 0 saturated carbocycles. The smallest absolute Gasteiger partial charge is 0.264 e. The molecule has 9 nitrogen and oxygen atoms in total. The molecule has 0 radical (unpaired) electrons. The maximum absolute atomic E-state index is 13.8. The third-order valence-corrected chi connectivity index (χ3v) is 6.53. The standard InChI is InChI=1S/C24H18ClN7O2/c25-16-6-1-4-14-10-18(32(24(34)19(14)16)15-5-2-8-26-11-15)17-7-3-9-31(17)22-20-21(27-12-29-22)28-13-30-23(20)33/h1-2,4-6,8,10-13,17H,3,7,9H2,(H,27,28,29,30,33)/t17-/m0/s1. The molecule has 1 fully saturated rings. The SMILES string of the molecule is O=c1[nH]cnc2ncnc(N3CCC[C@H]3c3cc4cccc(Cl)c4c(=O)n3-c3cccnc3)c12. The Labute approximate surface area is 197 Å². The van der Waals surface area contributed by atoms with Crippen LogP contribution in [0.3, 0.4) is 0 Å². The molecule has 0 amide bonds. The Morgan fingerprint density at radius 2 is 1.97 bits per heavy atom. The van der Waals surface area contributed by atoms with Crippen LogP contribution >= 0.6 is 11.6 Å². The number of nitrogens with zero attached hydrogens (tertiary/aromatic N) is 6. The summed E-state index contributed by atoms with van der Waals surface area (Å²) in [6, 6.07) is 10.8. The van der Waals surface area contributed by atoms with Gasteiger partial charge in [-0.25, -0.2) is 15.0 Å². The van der Waals surface area contributed by atoms with Crippen LogP contribution in [0.4, 0.5) is 5.82 Å². The van der Waals surface area contributed by atoms with E-state index in [0.717, 1.165) is 23.9 Å². The number of halogens is 1. The second-order valence-corrected chi connectivity index (χ2v) is 8.51. The average molecular weight is 472 g/mol. The van der Waals surface area contributed by atoms with Crippen molar-refractivity contribution in [3.05, 3.63) is 92.9 Å². The van der Waals surface area contributed by atoms with Crippen LogP contribution in [0.25, 0.3) is 27.5 Å². The van der Waals surface area contributed by atoms with Crippen molar-refractivity contribution >= 4 is 39.2 Å². The van der Waals surface area contributed by atoms with E-state index in [4.69, 9.17) is 11.6 Å². The Bertz CT molecular complexity index is 1660. The summed E-state index contributed by atoms with van der Waals surface area (Å²) < 4.78 is 1.66. The molecule has 1 atom stereocenters. The lowest BCUT2D eigenvalue weighted by molar-refractivity contribution is 0.661. The molecule has 10 heteroatoms. The van der Waals surface area contributed by atoms with E-state index in [-0.39, 0.29) is 17.2 Å². The number of pyridine rings is 2. The van der Waals surface area contributed by atoms with Gasteiger partial charge in [0.1, 0.15) is 17.5 Å². The van der Waals surface area contributed by atoms with Gasteiger partial charge < -0.3 is 9.88 Å². The van der Waals surface area contributed by atoms with E-state index in [1.807, 2.05) is 24.3 Å². The molecule has 1 aliphatic heterocycles. The highest BCUT2D eigenvalue weighted by Crippen LogP contribution is 2.38. The van der Waals surface area contributed by atoms with E-state index in [9.17, 15) is 9.59 Å². The van der Waals surface area contributed by atoms with Gasteiger partial charge in [-0.2, -0.15) is 0 Å². The van der Waals surface area contributed by atoms with Crippen LogP contribution in [0.1, 0.15) is 24.6 Å². The van der Waals surface area contributed by atoms with Crippen LogP contribution in [-0.4, -0.2) is 36.0 Å². The van der Waals surface area contributed by atoms with E-state index in [1.54, 1.807) is 29.1 Å². The Balaban J connectivity index is 1.63. The molecule has 5 aromatic rings. The summed E-state index contributed by atoms with van der Waals surface area (Å²) in [5.74, 6) is 0.498. The monoisotopic (exact) mass is 471 g/mol. The fourth-order valence-electron chi connectivity index (χ4n) is 4.78. The highest BCUT2D eigenvalue weighted by molar-refractivity contribution is 6.35. The first-order chi connectivity index (χ1) is 16.6. The number of aromatic nitrogens is 6. The fourth-order valence-corrected chi connectivity index (χ4v) is 5.04. The molecule has 168 valence electrons. The van der Waals surface area contributed by atoms with Crippen LogP contribution in [0.5, 0.6) is 0 Å². The number of hydrogen-bond acceptors (Lipinski definition) is 7. The minimum Gasteiger partial charge on any atom is -0.347 e. The van der Waals surface area contributed by atoms with Gasteiger partial charge in [0.2, 0.25) is 0 Å². The quantitative estimate of drug-likeness (QED) is 0.429. The maximum atomic E-state index is 13.8. The van der Waals surface area contributed by atoms with Gasteiger partial charge in [-0.1, -0.05) is 23.7 Å². The van der Waals surface area contributed by atoms with E-state index < -0.39 is 0 Å². The van der Waals surface area contributed by atoms with Crippen molar-refractivity contribution in [3.63, 3.8) is 0 Å². The van der Waals surface area contributed by atoms with Gasteiger partial charge in [0.15, 0.2) is 5.65 Å². The van der Waals surface area contributed by atoms with E-state index in [1.165, 1.54) is 12.7 Å². The number of benzene rings is 1. The first kappa shape index (κ1) is 20.5. The molecule has 0 unspecified atom stereocenters. The zero-order valence-electron chi connectivity index (χ0n) is 17.8. The van der Waals surface area contributed by atoms with Crippen molar-refractivity contribution in [2.75, 3.05) is 11.4 Å². The third-order valence-electron chi connectivity index (χ3n) is 6.21. The summed E-state index contributed by atoms with van der Waals surface area (Å²) >= 11 is 6.44. The average Bonchev–Trinajstić information content (AvgIpc) is 3.34. The summed E-state index contributed by atoms with van der Waals surface area (Å²) in [7, 11) is 0. The predicted octanol–water partition coefficient (Wildman–Crippen LogP) is 3.41. The van der Waals surface area contributed by atoms with Gasteiger partial charge in [-0.15, -0.1) is 0 Å². The number of aromatic amines is 1. The zero-order chi connectivity index (χ0) is 23.2. The number of rotatable bonds is 3. The highest BCUT2D eigenvalue weighted by atomic mass is 35.5. The minimum absolute atomic E-state index is 0.214. The summed E-state index contributed by atoms with van der Waals surface area (Å²) in [5.41, 5.74) is 1.22. The van der Waals surface area contributed by atoms with E-state index in [2.05, 4.69) is 29.8 Å². The van der Waals surface area contributed by atoms with Crippen LogP contribution in [0.15, 0.2) is 71.0 Å². The molecule has 6 rings (SSSR count). The van der Waals surface area contributed by atoms with Gasteiger partial charge in [0, 0.05) is 18.4 Å². The second kappa shape index (κ2) is 8.03. The number of nitrogens with one attached hydrogen (secondary N) is 1. The lowest BCUT2D eigenvalue weighted by atomic mass is 10.0. The summed E-state index contributed by atoms with van der Waals surface area (Å²) in [6.07, 6.45) is 7.69. The largest absolute Gasteiger partial charge is 0.347 e. The normalized spacial score (nSPS) is 15.9. The minimum atomic E-state index is -0.304. The van der Waals surface area contributed by atoms with Gasteiger partial charge in [-0.05, 0) is 42.5 Å². The Morgan fingerprint density at radius 3 is 2.82 bits per heavy atom. The fraction of sp³-hybridized carbons (Fsp3) is 0.167. The lowest BCUT2D eigenvalue weighted by Gasteiger charge is -2.29. The molecule has 1 N–H and O–H groups in total.